The van der Waals surface area contributed by atoms with Crippen LogP contribution >= 0.6 is 34.8 Å². The number of hydrogen-bond acceptors (Lipinski definition) is 5. The van der Waals surface area contributed by atoms with E-state index in [9.17, 15) is 18.0 Å². The van der Waals surface area contributed by atoms with E-state index in [4.69, 9.17) is 39.5 Å². The van der Waals surface area contributed by atoms with Crippen LogP contribution in [0.1, 0.15) is 18.1 Å². The zero-order valence-electron chi connectivity index (χ0n) is 24.6. The van der Waals surface area contributed by atoms with Crippen molar-refractivity contribution in [3.8, 4) is 5.75 Å². The second kappa shape index (κ2) is 15.5. The van der Waals surface area contributed by atoms with Gasteiger partial charge in [0.25, 0.3) is 10.0 Å². The highest BCUT2D eigenvalue weighted by molar-refractivity contribution is 7.92. The van der Waals surface area contributed by atoms with Crippen molar-refractivity contribution in [1.82, 2.24) is 10.2 Å². The molecular formula is C33H32Cl3N3O5S. The predicted molar refractivity (Wildman–Crippen MR) is 179 cm³/mol. The maximum Gasteiger partial charge on any atom is 0.264 e. The highest BCUT2D eigenvalue weighted by Gasteiger charge is 2.34. The van der Waals surface area contributed by atoms with Crippen LogP contribution in [0.2, 0.25) is 15.1 Å². The number of benzene rings is 4. The number of amides is 2. The molecule has 0 spiro atoms. The topological polar surface area (TPSA) is 96.0 Å². The van der Waals surface area contributed by atoms with Crippen LogP contribution in [0.4, 0.5) is 5.69 Å². The standard InChI is InChI=1S/C33H32Cl3N3O5S/c1-3-44-28-15-13-27(14-16-28)39(45(42,43)29-17-11-25(34)12-18-29)22-32(40)38(21-24-9-10-26(35)20-30(24)36)31(33(41)37-2)19-23-7-5-4-6-8-23/h4-18,20,31H,3,19,21-22H2,1-2H3,(H,37,41)/t31-/m1/s1. The molecule has 0 aliphatic carbocycles. The molecule has 4 rings (SSSR count). The third kappa shape index (κ3) is 8.70. The minimum atomic E-state index is -4.28. The Balaban J connectivity index is 1.80. The summed E-state index contributed by atoms with van der Waals surface area (Å²) in [7, 11) is -2.80. The van der Waals surface area contributed by atoms with Crippen LogP contribution in [0.25, 0.3) is 0 Å². The van der Waals surface area contributed by atoms with Gasteiger partial charge in [-0.3, -0.25) is 13.9 Å². The molecule has 1 N–H and O–H groups in total. The summed E-state index contributed by atoms with van der Waals surface area (Å²) < 4.78 is 34.7. The smallest absolute Gasteiger partial charge is 0.264 e. The number of halogens is 3. The van der Waals surface area contributed by atoms with E-state index in [1.807, 2.05) is 37.3 Å². The number of nitrogens with one attached hydrogen (secondary N) is 1. The van der Waals surface area contributed by atoms with Crippen LogP contribution in [0.15, 0.2) is 102 Å². The molecule has 0 unspecified atom stereocenters. The molecule has 0 bridgehead atoms. The van der Waals surface area contributed by atoms with Gasteiger partial charge >= 0.3 is 0 Å². The summed E-state index contributed by atoms with van der Waals surface area (Å²) in [6.07, 6.45) is 0.171. The Labute approximate surface area is 278 Å². The summed E-state index contributed by atoms with van der Waals surface area (Å²) in [4.78, 5) is 29.1. The molecule has 0 heterocycles. The van der Waals surface area contributed by atoms with Crippen LogP contribution in [0.5, 0.6) is 5.75 Å². The number of hydrogen-bond donors (Lipinski definition) is 1. The first-order valence-corrected chi connectivity index (χ1v) is 16.6. The molecule has 45 heavy (non-hydrogen) atoms. The Morgan fingerprint density at radius 2 is 1.51 bits per heavy atom. The zero-order valence-corrected chi connectivity index (χ0v) is 27.7. The molecule has 0 aromatic heterocycles. The maximum absolute atomic E-state index is 14.4. The van der Waals surface area contributed by atoms with Crippen molar-refractivity contribution < 1.29 is 22.7 Å². The molecule has 4 aromatic rings. The lowest BCUT2D eigenvalue weighted by Gasteiger charge is -2.33. The fraction of sp³-hybridized carbons (Fsp3) is 0.212. The molecule has 8 nitrogen and oxygen atoms in total. The fourth-order valence-corrected chi connectivity index (χ4v) is 6.70. The molecule has 1 atom stereocenters. The van der Waals surface area contributed by atoms with Crippen molar-refractivity contribution in [2.75, 3.05) is 24.5 Å². The lowest BCUT2D eigenvalue weighted by atomic mass is 10.0. The number of sulfonamides is 1. The van der Waals surface area contributed by atoms with Crippen LogP contribution in [0.3, 0.4) is 0 Å². The van der Waals surface area contributed by atoms with Crippen LogP contribution < -0.4 is 14.4 Å². The number of carbonyl (C=O) groups is 2. The van der Waals surface area contributed by atoms with Crippen molar-refractivity contribution in [2.45, 2.75) is 30.8 Å². The minimum absolute atomic E-state index is 0.0620. The molecule has 0 radical (unpaired) electrons. The van der Waals surface area contributed by atoms with Gasteiger partial charge in [0.05, 0.1) is 17.2 Å². The van der Waals surface area contributed by atoms with Gasteiger partial charge in [-0.25, -0.2) is 8.42 Å². The molecule has 236 valence electrons. The Hall–Kier alpha value is -3.76. The lowest BCUT2D eigenvalue weighted by Crippen LogP contribution is -2.53. The van der Waals surface area contributed by atoms with E-state index in [1.165, 1.54) is 36.2 Å². The summed E-state index contributed by atoms with van der Waals surface area (Å²) in [6, 6.07) is 25.1. The SMILES string of the molecule is CCOc1ccc(N(CC(=O)N(Cc2ccc(Cl)cc2Cl)[C@H](Cc2ccccc2)C(=O)NC)S(=O)(=O)c2ccc(Cl)cc2)cc1. The van der Waals surface area contributed by atoms with Crippen LogP contribution in [-0.4, -0.2) is 51.4 Å². The third-order valence-electron chi connectivity index (χ3n) is 6.99. The molecule has 0 aliphatic rings. The normalized spacial score (nSPS) is 11.8. The van der Waals surface area contributed by atoms with Crippen molar-refractivity contribution in [2.24, 2.45) is 0 Å². The Kier molecular flexibility index (Phi) is 11.7. The van der Waals surface area contributed by atoms with Gasteiger partial charge in [0.15, 0.2) is 0 Å². The van der Waals surface area contributed by atoms with Crippen molar-refractivity contribution in [1.29, 1.82) is 0 Å². The first kappa shape index (κ1) is 34.1. The third-order valence-corrected chi connectivity index (χ3v) is 9.62. The second-order valence-electron chi connectivity index (χ2n) is 9.97. The van der Waals surface area contributed by atoms with Gasteiger partial charge in [0.1, 0.15) is 18.3 Å². The maximum atomic E-state index is 14.4. The number of anilines is 1. The number of ether oxygens (including phenoxy) is 1. The summed E-state index contributed by atoms with van der Waals surface area (Å²) >= 11 is 18.7. The van der Waals surface area contributed by atoms with Gasteiger partial charge in [-0.05, 0) is 78.7 Å². The van der Waals surface area contributed by atoms with Gasteiger partial charge < -0.3 is 15.0 Å². The van der Waals surface area contributed by atoms with Crippen LogP contribution in [0, 0.1) is 0 Å². The predicted octanol–water partition coefficient (Wildman–Crippen LogP) is 6.63. The minimum Gasteiger partial charge on any atom is -0.494 e. The van der Waals surface area contributed by atoms with E-state index in [2.05, 4.69) is 5.32 Å². The molecule has 0 saturated heterocycles. The average molecular weight is 689 g/mol. The van der Waals surface area contributed by atoms with Crippen molar-refractivity contribution in [3.05, 3.63) is 123 Å². The average Bonchev–Trinajstić information content (AvgIpc) is 3.03. The molecule has 0 fully saturated rings. The van der Waals surface area contributed by atoms with Crippen LogP contribution in [-0.2, 0) is 32.6 Å². The zero-order chi connectivity index (χ0) is 32.6. The Morgan fingerprint density at radius 1 is 0.867 bits per heavy atom. The second-order valence-corrected chi connectivity index (χ2v) is 13.1. The van der Waals surface area contributed by atoms with E-state index >= 15 is 0 Å². The number of carbonyl (C=O) groups excluding carboxylic acids is 2. The number of likely N-dealkylation sites (N-methyl/N-ethyl adjacent to an activating group) is 1. The fourth-order valence-electron chi connectivity index (χ4n) is 4.69. The summed E-state index contributed by atoms with van der Waals surface area (Å²) in [5.74, 6) is -0.514. The van der Waals surface area contributed by atoms with Crippen molar-refractivity contribution in [3.63, 3.8) is 0 Å². The first-order valence-electron chi connectivity index (χ1n) is 14.0. The highest BCUT2D eigenvalue weighted by atomic mass is 35.5. The molecule has 0 aliphatic heterocycles. The van der Waals surface area contributed by atoms with E-state index in [0.717, 1.165) is 9.87 Å². The highest BCUT2D eigenvalue weighted by Crippen LogP contribution is 2.29. The molecule has 4 aromatic carbocycles. The van der Waals surface area contributed by atoms with Crippen molar-refractivity contribution >= 4 is 62.3 Å². The lowest BCUT2D eigenvalue weighted by molar-refractivity contribution is -0.139. The molecule has 12 heteroatoms. The van der Waals surface area contributed by atoms with Gasteiger partial charge in [-0.15, -0.1) is 0 Å². The van der Waals surface area contributed by atoms with E-state index < -0.39 is 34.4 Å². The molecule has 0 saturated carbocycles. The molecular weight excluding hydrogens is 657 g/mol. The molecule has 2 amide bonds. The monoisotopic (exact) mass is 687 g/mol. The Morgan fingerprint density at radius 3 is 2.11 bits per heavy atom. The van der Waals surface area contributed by atoms with Gasteiger partial charge in [0, 0.05) is 35.1 Å². The van der Waals surface area contributed by atoms with E-state index in [-0.39, 0.29) is 23.5 Å². The Bertz CT molecular complexity index is 1720. The number of rotatable bonds is 13. The van der Waals surface area contributed by atoms with Gasteiger partial charge in [0.2, 0.25) is 11.8 Å². The van der Waals surface area contributed by atoms with Gasteiger partial charge in [-0.2, -0.15) is 0 Å². The summed E-state index contributed by atoms with van der Waals surface area (Å²) in [5, 5.41) is 3.71. The summed E-state index contributed by atoms with van der Waals surface area (Å²) in [5.41, 5.74) is 1.57. The first-order chi connectivity index (χ1) is 21.5. The number of nitrogens with zero attached hydrogens (tertiary/aromatic N) is 2. The quantitative estimate of drug-likeness (QED) is 0.170. The summed E-state index contributed by atoms with van der Waals surface area (Å²) in [6.45, 7) is 1.56. The van der Waals surface area contributed by atoms with E-state index in [1.54, 1.807) is 42.5 Å². The largest absolute Gasteiger partial charge is 0.494 e. The van der Waals surface area contributed by atoms with Gasteiger partial charge in [-0.1, -0.05) is 71.2 Å². The van der Waals surface area contributed by atoms with E-state index in [0.29, 0.717) is 33.0 Å².